The molecule has 340 valence electrons. The first-order valence-electron chi connectivity index (χ1n) is 23.4. The standard InChI is InChI=1S/C56H62N6O4/c1-54(2,3)65-50(63)35-32-41(40-20-11-7-12-21-40)37-46-28-19-29-48(58-46)51-47-38-57-49(36-39-30-33-45(34-31-39)59-53(64)66-55(4,5)6)60-52(47)62(61-51)56(42-22-13-8-14-23-42,43-24-15-9-16-25-43)44-26-17-10-18-27-44/h7-29,38-39,41,45H,30-37H2,1-6H3,(H,59,64). The summed E-state index contributed by atoms with van der Waals surface area (Å²) in [7, 11) is 0. The zero-order chi connectivity index (χ0) is 46.3. The number of rotatable bonds is 14. The molecule has 3 heterocycles. The fourth-order valence-electron chi connectivity index (χ4n) is 9.38. The van der Waals surface area contributed by atoms with E-state index in [2.05, 4.69) is 101 Å². The molecule has 66 heavy (non-hydrogen) atoms. The molecular weight excluding hydrogens is 821 g/mol. The van der Waals surface area contributed by atoms with Gasteiger partial charge in [0.1, 0.15) is 28.3 Å². The Morgan fingerprint density at radius 2 is 1.24 bits per heavy atom. The molecule has 10 heteroatoms. The van der Waals surface area contributed by atoms with Crippen molar-refractivity contribution < 1.29 is 19.1 Å². The van der Waals surface area contributed by atoms with Crippen molar-refractivity contribution in [2.45, 2.75) is 122 Å². The lowest BCUT2D eigenvalue weighted by molar-refractivity contribution is -0.155. The highest BCUT2D eigenvalue weighted by Gasteiger charge is 2.42. The van der Waals surface area contributed by atoms with Crippen LogP contribution < -0.4 is 5.32 Å². The van der Waals surface area contributed by atoms with Crippen molar-refractivity contribution in [2.24, 2.45) is 5.92 Å². The number of aromatic nitrogens is 5. The number of pyridine rings is 1. The summed E-state index contributed by atoms with van der Waals surface area (Å²) in [6.07, 6.45) is 7.41. The van der Waals surface area contributed by atoms with Crippen LogP contribution in [0.1, 0.15) is 120 Å². The van der Waals surface area contributed by atoms with E-state index in [-0.39, 0.29) is 24.0 Å². The molecular formula is C56H62N6O4. The SMILES string of the molecule is CC(C)(C)OC(=O)CCC(Cc1cccc(-c2nn(C(c3ccccc3)(c3ccccc3)c3ccccc3)c3nc(CC4CCC(NC(=O)OC(C)(C)C)CC4)ncc23)n1)c1ccccc1. The first kappa shape index (κ1) is 45.9. The summed E-state index contributed by atoms with van der Waals surface area (Å²) in [5.74, 6) is 0.928. The third kappa shape index (κ3) is 10.9. The van der Waals surface area contributed by atoms with Gasteiger partial charge >= 0.3 is 12.1 Å². The minimum atomic E-state index is -0.936. The number of benzene rings is 4. The maximum Gasteiger partial charge on any atom is 0.407 e. The van der Waals surface area contributed by atoms with Crippen LogP contribution in [-0.2, 0) is 32.6 Å². The Morgan fingerprint density at radius 1 is 0.682 bits per heavy atom. The van der Waals surface area contributed by atoms with E-state index in [9.17, 15) is 9.59 Å². The number of hydrogen-bond donors (Lipinski definition) is 1. The predicted octanol–water partition coefficient (Wildman–Crippen LogP) is 11.8. The number of ether oxygens (including phenoxy) is 2. The highest BCUT2D eigenvalue weighted by molar-refractivity contribution is 5.90. The van der Waals surface area contributed by atoms with E-state index in [1.54, 1.807) is 0 Å². The van der Waals surface area contributed by atoms with Crippen LogP contribution in [0.5, 0.6) is 0 Å². The first-order valence-corrected chi connectivity index (χ1v) is 23.4. The molecule has 1 aliphatic carbocycles. The molecule has 1 fully saturated rings. The average molecular weight is 883 g/mol. The topological polar surface area (TPSA) is 121 Å². The minimum Gasteiger partial charge on any atom is -0.460 e. The number of nitrogens with zero attached hydrogens (tertiary/aromatic N) is 5. The summed E-state index contributed by atoms with van der Waals surface area (Å²) in [5, 5.41) is 9.50. The van der Waals surface area contributed by atoms with E-state index in [0.717, 1.165) is 64.8 Å². The zero-order valence-corrected chi connectivity index (χ0v) is 39.1. The molecule has 0 bridgehead atoms. The van der Waals surface area contributed by atoms with Crippen LogP contribution in [0.25, 0.3) is 22.4 Å². The molecule has 7 aromatic rings. The van der Waals surface area contributed by atoms with Crippen molar-refractivity contribution in [2.75, 3.05) is 0 Å². The van der Waals surface area contributed by atoms with Gasteiger partial charge in [-0.2, -0.15) is 5.10 Å². The second kappa shape index (κ2) is 19.8. The normalized spacial score (nSPS) is 16.1. The van der Waals surface area contributed by atoms with Crippen molar-refractivity contribution in [1.82, 2.24) is 30.0 Å². The fraction of sp³-hybridized carbons (Fsp3) is 0.357. The second-order valence-electron chi connectivity index (χ2n) is 19.6. The van der Waals surface area contributed by atoms with E-state index in [4.69, 9.17) is 29.5 Å². The highest BCUT2D eigenvalue weighted by atomic mass is 16.6. The zero-order valence-electron chi connectivity index (χ0n) is 39.1. The Hall–Kier alpha value is -6.68. The number of carbonyl (C=O) groups excluding carboxylic acids is 2. The molecule has 1 unspecified atom stereocenters. The van der Waals surface area contributed by atoms with E-state index in [0.29, 0.717) is 48.6 Å². The fourth-order valence-corrected chi connectivity index (χ4v) is 9.38. The summed E-state index contributed by atoms with van der Waals surface area (Å²) in [4.78, 5) is 41.4. The molecule has 1 aliphatic rings. The Bertz CT molecular complexity index is 2610. The van der Waals surface area contributed by atoms with E-state index < -0.39 is 16.7 Å². The molecule has 0 saturated heterocycles. The Morgan fingerprint density at radius 3 is 1.80 bits per heavy atom. The summed E-state index contributed by atoms with van der Waals surface area (Å²) in [5.41, 5.74) is 5.22. The van der Waals surface area contributed by atoms with Gasteiger partial charge in [-0.1, -0.05) is 127 Å². The van der Waals surface area contributed by atoms with Crippen LogP contribution in [0.4, 0.5) is 4.79 Å². The van der Waals surface area contributed by atoms with Crippen molar-refractivity contribution in [3.05, 3.63) is 179 Å². The van der Waals surface area contributed by atoms with Crippen LogP contribution in [0, 0.1) is 5.92 Å². The predicted molar refractivity (Wildman–Crippen MR) is 260 cm³/mol. The van der Waals surface area contributed by atoms with Gasteiger partial charge in [-0.3, -0.25) is 9.78 Å². The van der Waals surface area contributed by atoms with E-state index in [1.165, 1.54) is 0 Å². The molecule has 0 aliphatic heterocycles. The van der Waals surface area contributed by atoms with Gasteiger partial charge in [0.05, 0.1) is 11.1 Å². The quantitative estimate of drug-likeness (QED) is 0.0847. The summed E-state index contributed by atoms with van der Waals surface area (Å²) in [6.45, 7) is 11.3. The number of fused-ring (bicyclic) bond motifs is 1. The van der Waals surface area contributed by atoms with Gasteiger partial charge in [0, 0.05) is 30.8 Å². The van der Waals surface area contributed by atoms with E-state index >= 15 is 0 Å². The van der Waals surface area contributed by atoms with Crippen LogP contribution >= 0.6 is 0 Å². The monoisotopic (exact) mass is 882 g/mol. The minimum absolute atomic E-state index is 0.0340. The van der Waals surface area contributed by atoms with Gasteiger partial charge in [-0.15, -0.1) is 0 Å². The lowest BCUT2D eigenvalue weighted by Crippen LogP contribution is -2.41. The smallest absolute Gasteiger partial charge is 0.407 e. The average Bonchev–Trinajstić information content (AvgIpc) is 3.68. The maximum atomic E-state index is 12.9. The number of alkyl carbamates (subject to hydrolysis) is 1. The number of amides is 1. The van der Waals surface area contributed by atoms with Crippen LogP contribution in [-0.4, -0.2) is 54.0 Å². The van der Waals surface area contributed by atoms with Gasteiger partial charge in [0.15, 0.2) is 5.65 Å². The lowest BCUT2D eigenvalue weighted by Gasteiger charge is -2.36. The molecule has 10 nitrogen and oxygen atoms in total. The van der Waals surface area contributed by atoms with Gasteiger partial charge in [-0.25, -0.2) is 19.4 Å². The van der Waals surface area contributed by atoms with Crippen molar-refractivity contribution in [3.63, 3.8) is 0 Å². The highest BCUT2D eigenvalue weighted by Crippen LogP contribution is 2.44. The van der Waals surface area contributed by atoms with Crippen LogP contribution in [0.3, 0.4) is 0 Å². The molecule has 3 aromatic heterocycles. The lowest BCUT2D eigenvalue weighted by atomic mass is 9.77. The summed E-state index contributed by atoms with van der Waals surface area (Å²) < 4.78 is 13.4. The summed E-state index contributed by atoms with van der Waals surface area (Å²) in [6, 6.07) is 48.1. The van der Waals surface area contributed by atoms with Gasteiger partial charge in [0.25, 0.3) is 0 Å². The maximum absolute atomic E-state index is 12.9. The second-order valence-corrected chi connectivity index (χ2v) is 19.6. The molecule has 0 radical (unpaired) electrons. The number of carbonyl (C=O) groups is 2. The van der Waals surface area contributed by atoms with Gasteiger partial charge < -0.3 is 14.8 Å². The van der Waals surface area contributed by atoms with Crippen LogP contribution in [0.15, 0.2) is 146 Å². The Balaban J connectivity index is 1.21. The third-order valence-electron chi connectivity index (χ3n) is 12.3. The first-order chi connectivity index (χ1) is 31.7. The van der Waals surface area contributed by atoms with Crippen LogP contribution in [0.2, 0.25) is 0 Å². The number of nitrogens with one attached hydrogen (secondary N) is 1. The van der Waals surface area contributed by atoms with E-state index in [1.807, 2.05) is 96.3 Å². The molecule has 0 spiro atoms. The molecule has 1 atom stereocenters. The van der Waals surface area contributed by atoms with Crippen molar-refractivity contribution in [1.29, 1.82) is 0 Å². The molecule has 1 saturated carbocycles. The summed E-state index contributed by atoms with van der Waals surface area (Å²) >= 11 is 0. The van der Waals surface area contributed by atoms with Crippen molar-refractivity contribution >= 4 is 23.1 Å². The van der Waals surface area contributed by atoms with Crippen molar-refractivity contribution in [3.8, 4) is 11.4 Å². The molecule has 8 rings (SSSR count). The third-order valence-corrected chi connectivity index (χ3v) is 12.3. The van der Waals surface area contributed by atoms with Gasteiger partial charge in [0.2, 0.25) is 0 Å². The molecule has 1 amide bonds. The molecule has 1 N–H and O–H groups in total. The molecule has 4 aromatic carbocycles. The Kier molecular flexibility index (Phi) is 13.8. The number of hydrogen-bond acceptors (Lipinski definition) is 8. The number of esters is 1. The Labute approximate surface area is 389 Å². The largest absolute Gasteiger partial charge is 0.460 e. The van der Waals surface area contributed by atoms with Gasteiger partial charge in [-0.05, 0) is 126 Å².